The third kappa shape index (κ3) is 5.03. The quantitative estimate of drug-likeness (QED) is 0.431. The highest BCUT2D eigenvalue weighted by Gasteiger charge is 2.55. The molecule has 2 aliphatic rings. The molecule has 2 N–H and O–H groups in total. The molecule has 0 aliphatic carbocycles. The first-order valence-corrected chi connectivity index (χ1v) is 12.8. The zero-order valence-electron chi connectivity index (χ0n) is 22.9. The van der Waals surface area contributed by atoms with E-state index in [0.717, 1.165) is 10.9 Å². The maximum Gasteiger partial charge on any atom is 0.350 e. The standard InChI is InChI=1S/C30H34O9/c1-28(2,33)23(31)15-19-21(34-5)11-8-18-13-14-30(38-27(18)19)37-24(29(3,4)39-30)16-20-22(35-6)10-7-17-9-12-25(32)36-26(17)20/h7-14,23-24,31,33H,15-16H2,1-6H3. The number of fused-ring (bicyclic) bond motifs is 2. The van der Waals surface area contributed by atoms with Gasteiger partial charge < -0.3 is 38.3 Å². The summed E-state index contributed by atoms with van der Waals surface area (Å²) < 4.78 is 36.1. The van der Waals surface area contributed by atoms with E-state index in [9.17, 15) is 15.0 Å². The molecule has 0 amide bonds. The molecule has 3 aromatic rings. The smallest absolute Gasteiger partial charge is 0.350 e. The second kappa shape index (κ2) is 9.67. The van der Waals surface area contributed by atoms with Gasteiger partial charge in [-0.1, -0.05) is 0 Å². The Labute approximate surface area is 226 Å². The number of rotatable bonds is 7. The van der Waals surface area contributed by atoms with E-state index >= 15 is 0 Å². The zero-order chi connectivity index (χ0) is 28.2. The fraction of sp³-hybridized carbons (Fsp3) is 0.433. The van der Waals surface area contributed by atoms with Crippen molar-refractivity contribution in [3.05, 3.63) is 69.6 Å². The molecule has 9 nitrogen and oxygen atoms in total. The van der Waals surface area contributed by atoms with Crippen LogP contribution in [0.15, 0.2) is 51.7 Å². The number of aliphatic hydroxyl groups is 2. The van der Waals surface area contributed by atoms with Crippen LogP contribution in [0.4, 0.5) is 0 Å². The Morgan fingerprint density at radius 3 is 2.38 bits per heavy atom. The van der Waals surface area contributed by atoms with Crippen molar-refractivity contribution in [3.63, 3.8) is 0 Å². The minimum atomic E-state index is -1.55. The topological polar surface area (TPSA) is 117 Å². The molecule has 1 saturated heterocycles. The van der Waals surface area contributed by atoms with Gasteiger partial charge in [0.2, 0.25) is 0 Å². The summed E-state index contributed by atoms with van der Waals surface area (Å²) in [5.41, 5.74) is -0.167. The number of benzene rings is 2. The lowest BCUT2D eigenvalue weighted by molar-refractivity contribution is -0.270. The number of hydrogen-bond acceptors (Lipinski definition) is 9. The van der Waals surface area contributed by atoms with E-state index in [2.05, 4.69) is 0 Å². The lowest BCUT2D eigenvalue weighted by Crippen LogP contribution is -2.40. The molecule has 0 saturated carbocycles. The van der Waals surface area contributed by atoms with E-state index in [0.29, 0.717) is 40.4 Å². The van der Waals surface area contributed by atoms with Crippen molar-refractivity contribution in [2.45, 2.75) is 69.9 Å². The Morgan fingerprint density at radius 1 is 1.03 bits per heavy atom. The van der Waals surface area contributed by atoms with Gasteiger partial charge in [-0.25, -0.2) is 4.79 Å². The predicted octanol–water partition coefficient (Wildman–Crippen LogP) is 3.98. The van der Waals surface area contributed by atoms with Crippen LogP contribution >= 0.6 is 0 Å². The van der Waals surface area contributed by atoms with E-state index in [1.165, 1.54) is 13.2 Å². The third-order valence-electron chi connectivity index (χ3n) is 7.34. The molecule has 3 unspecified atom stereocenters. The van der Waals surface area contributed by atoms with Gasteiger partial charge in [-0.3, -0.25) is 0 Å². The van der Waals surface area contributed by atoms with Crippen LogP contribution in [-0.4, -0.2) is 53.8 Å². The van der Waals surface area contributed by atoms with Crippen molar-refractivity contribution in [1.82, 2.24) is 0 Å². The van der Waals surface area contributed by atoms with Crippen LogP contribution in [0, 0.1) is 0 Å². The summed E-state index contributed by atoms with van der Waals surface area (Å²) in [6.45, 7) is 6.89. The molecule has 39 heavy (non-hydrogen) atoms. The highest BCUT2D eigenvalue weighted by molar-refractivity contribution is 5.82. The van der Waals surface area contributed by atoms with Crippen molar-refractivity contribution in [1.29, 1.82) is 0 Å². The van der Waals surface area contributed by atoms with Crippen LogP contribution in [-0.2, 0) is 22.3 Å². The molecule has 1 fully saturated rings. The predicted molar refractivity (Wildman–Crippen MR) is 144 cm³/mol. The van der Waals surface area contributed by atoms with E-state index in [1.807, 2.05) is 38.1 Å². The lowest BCUT2D eigenvalue weighted by Gasteiger charge is -2.33. The summed E-state index contributed by atoms with van der Waals surface area (Å²) >= 11 is 0. The monoisotopic (exact) mass is 538 g/mol. The van der Waals surface area contributed by atoms with Crippen LogP contribution in [0.3, 0.4) is 0 Å². The van der Waals surface area contributed by atoms with Crippen LogP contribution in [0.1, 0.15) is 44.4 Å². The molecular formula is C30H34O9. The number of aliphatic hydroxyl groups excluding tert-OH is 1. The van der Waals surface area contributed by atoms with Gasteiger partial charge in [0.1, 0.15) is 22.8 Å². The first-order chi connectivity index (χ1) is 18.4. The van der Waals surface area contributed by atoms with Gasteiger partial charge in [0.25, 0.3) is 0 Å². The van der Waals surface area contributed by atoms with E-state index in [1.54, 1.807) is 39.2 Å². The van der Waals surface area contributed by atoms with Gasteiger partial charge in [0.15, 0.2) is 0 Å². The van der Waals surface area contributed by atoms with Crippen LogP contribution in [0.2, 0.25) is 0 Å². The molecular weight excluding hydrogens is 504 g/mol. The van der Waals surface area contributed by atoms with Gasteiger partial charge in [-0.05, 0) is 64.1 Å². The SMILES string of the molecule is COc1ccc2c(c1CC(O)C(C)(C)O)OC1(C=C2)OC(Cc2c(OC)ccc3ccc(=O)oc23)C(C)(C)O1. The molecule has 2 aromatic carbocycles. The Kier molecular flexibility index (Phi) is 6.75. The van der Waals surface area contributed by atoms with Gasteiger partial charge in [0, 0.05) is 47.1 Å². The average molecular weight is 539 g/mol. The summed E-state index contributed by atoms with van der Waals surface area (Å²) in [7, 11) is 3.10. The fourth-order valence-electron chi connectivity index (χ4n) is 5.02. The number of methoxy groups -OCH3 is 2. The van der Waals surface area contributed by atoms with Gasteiger partial charge >= 0.3 is 11.6 Å². The molecule has 3 atom stereocenters. The zero-order valence-corrected chi connectivity index (χ0v) is 22.9. The van der Waals surface area contributed by atoms with Crippen LogP contribution in [0.25, 0.3) is 17.0 Å². The summed E-state index contributed by atoms with van der Waals surface area (Å²) in [5.74, 6) is -0.0480. The molecule has 0 radical (unpaired) electrons. The van der Waals surface area contributed by atoms with Crippen molar-refractivity contribution in [2.24, 2.45) is 0 Å². The van der Waals surface area contributed by atoms with Crippen molar-refractivity contribution in [3.8, 4) is 17.2 Å². The Hall–Kier alpha value is -3.37. The second-order valence-corrected chi connectivity index (χ2v) is 11.0. The molecule has 0 bridgehead atoms. The fourth-order valence-corrected chi connectivity index (χ4v) is 5.02. The summed E-state index contributed by atoms with van der Waals surface area (Å²) in [6, 6.07) is 10.4. The summed E-state index contributed by atoms with van der Waals surface area (Å²) in [5, 5.41) is 21.8. The average Bonchev–Trinajstić information content (AvgIpc) is 3.12. The highest BCUT2D eigenvalue weighted by atomic mass is 16.9. The third-order valence-corrected chi connectivity index (χ3v) is 7.34. The molecule has 1 aromatic heterocycles. The summed E-state index contributed by atoms with van der Waals surface area (Å²) in [6.07, 6.45) is 2.35. The lowest BCUT2D eigenvalue weighted by atomic mass is 9.92. The number of ether oxygens (including phenoxy) is 5. The Bertz CT molecular complexity index is 1480. The molecule has 9 heteroatoms. The molecule has 1 spiro atoms. The van der Waals surface area contributed by atoms with E-state index in [4.69, 9.17) is 28.1 Å². The maximum absolute atomic E-state index is 12.0. The van der Waals surface area contributed by atoms with Crippen molar-refractivity contribution in [2.75, 3.05) is 14.2 Å². The minimum absolute atomic E-state index is 0.0822. The summed E-state index contributed by atoms with van der Waals surface area (Å²) in [4.78, 5) is 12.0. The normalized spacial score (nSPS) is 22.5. The minimum Gasteiger partial charge on any atom is -0.496 e. The van der Waals surface area contributed by atoms with Crippen LogP contribution < -0.4 is 19.8 Å². The van der Waals surface area contributed by atoms with Gasteiger partial charge in [0.05, 0.1) is 37.6 Å². The first-order valence-electron chi connectivity index (χ1n) is 12.8. The number of hydrogen-bond donors (Lipinski definition) is 2. The van der Waals surface area contributed by atoms with E-state index < -0.39 is 35.0 Å². The molecule has 208 valence electrons. The molecule has 5 rings (SSSR count). The van der Waals surface area contributed by atoms with Crippen molar-refractivity contribution >= 4 is 17.0 Å². The Balaban J connectivity index is 1.51. The van der Waals surface area contributed by atoms with Crippen molar-refractivity contribution < 1.29 is 38.3 Å². The van der Waals surface area contributed by atoms with Gasteiger partial charge in [-0.15, -0.1) is 0 Å². The largest absolute Gasteiger partial charge is 0.496 e. The highest BCUT2D eigenvalue weighted by Crippen LogP contribution is 2.47. The van der Waals surface area contributed by atoms with Gasteiger partial charge in [-0.2, -0.15) is 0 Å². The van der Waals surface area contributed by atoms with Crippen LogP contribution in [0.5, 0.6) is 17.2 Å². The second-order valence-electron chi connectivity index (χ2n) is 11.0. The Morgan fingerprint density at radius 2 is 1.69 bits per heavy atom. The maximum atomic E-state index is 12.0. The first kappa shape index (κ1) is 27.2. The molecule has 3 heterocycles. The van der Waals surface area contributed by atoms with E-state index in [-0.39, 0.29) is 6.42 Å². The molecule has 2 aliphatic heterocycles.